The third kappa shape index (κ3) is 11.4. The summed E-state index contributed by atoms with van der Waals surface area (Å²) in [6.45, 7) is 4.55. The number of likely N-dealkylation sites (tertiary alicyclic amines) is 1. The number of fused-ring (bicyclic) bond motifs is 2. The number of imidazole rings is 2. The topological polar surface area (TPSA) is 288 Å². The van der Waals surface area contributed by atoms with Gasteiger partial charge in [0.05, 0.1) is 117 Å². The predicted octanol–water partition coefficient (Wildman–Crippen LogP) is 4.72. The molecule has 4 saturated heterocycles. The van der Waals surface area contributed by atoms with Crippen molar-refractivity contribution in [1.29, 1.82) is 10.5 Å². The van der Waals surface area contributed by atoms with Crippen molar-refractivity contribution in [3.63, 3.8) is 0 Å². The first-order chi connectivity index (χ1) is 37.2. The first kappa shape index (κ1) is 54.1. The molecule has 0 amide bonds. The number of halogens is 8. The van der Waals surface area contributed by atoms with Gasteiger partial charge in [0.2, 0.25) is 0 Å². The van der Waals surface area contributed by atoms with E-state index >= 15 is 0 Å². The van der Waals surface area contributed by atoms with Crippen molar-refractivity contribution in [1.82, 2.24) is 78.1 Å². The number of hydrogen-bond donors (Lipinski definition) is 3. The van der Waals surface area contributed by atoms with E-state index in [0.29, 0.717) is 57.8 Å². The lowest BCUT2D eigenvalue weighted by Crippen LogP contribution is -2.63. The molecule has 0 saturated carbocycles. The summed E-state index contributed by atoms with van der Waals surface area (Å²) in [4.78, 5) is 38.1. The summed E-state index contributed by atoms with van der Waals surface area (Å²) >= 11 is 0. The molecule has 8 aromatic heterocycles. The van der Waals surface area contributed by atoms with Crippen LogP contribution in [0, 0.1) is 22.7 Å². The monoisotopic (exact) mass is 1090 g/mol. The van der Waals surface area contributed by atoms with E-state index in [1.807, 2.05) is 78.4 Å². The molecular formula is C46H42F8N18O6. The number of carbonyl (C=O) groups is 2. The van der Waals surface area contributed by atoms with E-state index in [2.05, 4.69) is 47.8 Å². The minimum Gasteiger partial charge on any atom is -0.475 e. The van der Waals surface area contributed by atoms with Crippen LogP contribution >= 0.6 is 0 Å². The van der Waals surface area contributed by atoms with Crippen LogP contribution < -0.4 is 5.32 Å². The van der Waals surface area contributed by atoms with Gasteiger partial charge in [0, 0.05) is 99.0 Å². The van der Waals surface area contributed by atoms with Crippen molar-refractivity contribution < 1.29 is 64.4 Å². The van der Waals surface area contributed by atoms with Crippen LogP contribution in [0.25, 0.3) is 56.6 Å². The van der Waals surface area contributed by atoms with Crippen LogP contribution in [-0.4, -0.2) is 173 Å². The van der Waals surface area contributed by atoms with Gasteiger partial charge in [-0.05, 0) is 0 Å². The van der Waals surface area contributed by atoms with Gasteiger partial charge in [0.15, 0.2) is 0 Å². The Morgan fingerprint density at radius 3 is 1.44 bits per heavy atom. The van der Waals surface area contributed by atoms with Crippen LogP contribution in [0.15, 0.2) is 86.5 Å². The molecule has 0 atom stereocenters. The molecule has 4 aliphatic heterocycles. The molecule has 0 unspecified atom stereocenters. The number of nitriles is 2. The molecule has 4 fully saturated rings. The zero-order chi connectivity index (χ0) is 55.6. The highest BCUT2D eigenvalue weighted by Gasteiger charge is 2.46. The van der Waals surface area contributed by atoms with Crippen LogP contribution in [0.4, 0.5) is 35.1 Å². The molecular weight excluding hydrogens is 1050 g/mol. The van der Waals surface area contributed by atoms with Gasteiger partial charge < -0.3 is 25.0 Å². The van der Waals surface area contributed by atoms with Gasteiger partial charge in [0.1, 0.15) is 34.0 Å². The molecule has 12 rings (SSSR count). The van der Waals surface area contributed by atoms with Gasteiger partial charge in [-0.3, -0.25) is 32.4 Å². The van der Waals surface area contributed by atoms with Crippen molar-refractivity contribution in [2.75, 3.05) is 59.2 Å². The van der Waals surface area contributed by atoms with Gasteiger partial charge in [0.25, 0.3) is 6.43 Å². The van der Waals surface area contributed by atoms with Crippen LogP contribution in [0.3, 0.4) is 0 Å². The Labute approximate surface area is 433 Å². The van der Waals surface area contributed by atoms with Crippen molar-refractivity contribution in [2.24, 2.45) is 0 Å². The number of rotatable bonds is 12. The fourth-order valence-electron chi connectivity index (χ4n) is 8.56. The largest absolute Gasteiger partial charge is 0.490 e. The van der Waals surface area contributed by atoms with Gasteiger partial charge in [-0.2, -0.15) is 57.3 Å². The lowest BCUT2D eigenvalue weighted by molar-refractivity contribution is -0.193. The Balaban J connectivity index is 0.000000153. The van der Waals surface area contributed by atoms with E-state index < -0.39 is 36.3 Å². The van der Waals surface area contributed by atoms with Crippen LogP contribution in [0.2, 0.25) is 0 Å². The second kappa shape index (κ2) is 21.7. The summed E-state index contributed by atoms with van der Waals surface area (Å²) in [6.07, 6.45) is 10.1. The molecule has 24 nitrogen and oxygen atoms in total. The molecule has 32 heteroatoms. The van der Waals surface area contributed by atoms with Gasteiger partial charge in [-0.15, -0.1) is 0 Å². The van der Waals surface area contributed by atoms with E-state index in [9.17, 15) is 45.6 Å². The second-order valence-corrected chi connectivity index (χ2v) is 18.3. The second-order valence-electron chi connectivity index (χ2n) is 18.3. The number of alkyl halides is 8. The molecule has 408 valence electrons. The normalized spacial score (nSPS) is 16.9. The minimum atomic E-state index is -5.08. The number of aromatic nitrogens is 14. The molecule has 4 aliphatic rings. The average Bonchev–Trinajstić information content (AvgIpc) is 4.33. The minimum absolute atomic E-state index is 0.186. The van der Waals surface area contributed by atoms with Gasteiger partial charge in [-0.1, -0.05) is 0 Å². The summed E-state index contributed by atoms with van der Waals surface area (Å²) in [5.41, 5.74) is 5.58. The van der Waals surface area contributed by atoms with Crippen molar-refractivity contribution in [3.05, 3.63) is 86.5 Å². The smallest absolute Gasteiger partial charge is 0.475 e. The Hall–Kier alpha value is -8.72. The maximum atomic E-state index is 12.8. The highest BCUT2D eigenvalue weighted by Crippen LogP contribution is 2.35. The molecule has 8 aromatic rings. The Kier molecular flexibility index (Phi) is 15.1. The van der Waals surface area contributed by atoms with Gasteiger partial charge in [-0.25, -0.2) is 38.3 Å². The van der Waals surface area contributed by atoms with Gasteiger partial charge >= 0.3 is 24.3 Å². The molecule has 78 heavy (non-hydrogen) atoms. The summed E-state index contributed by atoms with van der Waals surface area (Å²) in [6, 6.07) is 8.86. The third-order valence-electron chi connectivity index (χ3n) is 12.9. The van der Waals surface area contributed by atoms with Crippen molar-refractivity contribution >= 4 is 23.2 Å². The maximum absolute atomic E-state index is 12.8. The fraction of sp³-hybridized carbons (Fsp3) is 0.391. The average molecular weight is 1090 g/mol. The Morgan fingerprint density at radius 1 is 0.667 bits per heavy atom. The summed E-state index contributed by atoms with van der Waals surface area (Å²) in [7, 11) is 0. The summed E-state index contributed by atoms with van der Waals surface area (Å²) in [5.74, 6) is -4.11. The van der Waals surface area contributed by atoms with Crippen LogP contribution in [-0.2, 0) is 30.1 Å². The van der Waals surface area contributed by atoms with E-state index in [-0.39, 0.29) is 24.5 Å². The number of aliphatic carboxylic acids is 2. The molecule has 0 aromatic carbocycles. The number of nitrogens with one attached hydrogen (secondary N) is 1. The number of carboxylic acid groups (broad SMARTS) is 2. The summed E-state index contributed by atoms with van der Waals surface area (Å²) in [5, 5.41) is 54.1. The zero-order valence-corrected chi connectivity index (χ0v) is 40.2. The number of nitrogens with zero attached hydrogens (tertiary/aromatic N) is 17. The third-order valence-corrected chi connectivity index (χ3v) is 12.9. The first-order valence-electron chi connectivity index (χ1n) is 23.3. The number of hydrogen-bond acceptors (Lipinski definition) is 16. The number of carboxylic acids is 2. The van der Waals surface area contributed by atoms with E-state index in [1.54, 1.807) is 40.6 Å². The summed E-state index contributed by atoms with van der Waals surface area (Å²) < 4.78 is 111. The predicted molar refractivity (Wildman–Crippen MR) is 250 cm³/mol. The molecule has 12 heterocycles. The molecule has 0 radical (unpaired) electrons. The molecule has 3 N–H and O–H groups in total. The number of ether oxygens (including phenoxy) is 2. The Morgan fingerprint density at radius 2 is 1.08 bits per heavy atom. The SMILES string of the molecule is N#CCC1(n2cc(-c3nc(-c4cnn(C5COC5)c4)cc4nccn34)cn2)CN(CC(F)F)C1.N#CCC1(n2cc(-c3nc(-c4cnn(C5COC5)c4)cc4nccn34)cn2)CNC1.O=C(O)C(F)(F)F.O=C(O)C(F)(F)F. The van der Waals surface area contributed by atoms with Crippen LogP contribution in [0.1, 0.15) is 24.9 Å². The molecule has 0 bridgehead atoms. The standard InChI is InChI=1S/C22H21F2N9O.C20H19N9O.2C2HF3O2/c23-19(24)10-30-13-22(14-30,1-2-25)33-9-16(7-28-33)21-29-18(5-20-26-3-4-31(20)21)15-6-27-32(8-15)17-11-34-12-17;21-2-1-20(12-22-13-20)29-9-15(7-25-29)19-26-17(5-18-23-3-4-27(18)19)14-6-24-28(8-14)16-10-30-11-16;2*3-2(4,5)1(6)7/h3-9,17,19H,1,10-14H2;3-9,16,22H,1,10-13H2;2*(H,6,7). The Bertz CT molecular complexity index is 3490. The quantitative estimate of drug-likeness (QED) is 0.139. The zero-order valence-electron chi connectivity index (χ0n) is 40.2. The fourth-order valence-corrected chi connectivity index (χ4v) is 8.56. The lowest BCUT2D eigenvalue weighted by atomic mass is 9.87. The molecule has 0 aliphatic carbocycles. The molecule has 0 spiro atoms. The highest BCUT2D eigenvalue weighted by atomic mass is 19.4. The van der Waals surface area contributed by atoms with Crippen molar-refractivity contribution in [2.45, 2.75) is 54.8 Å². The first-order valence-corrected chi connectivity index (χ1v) is 23.3. The highest BCUT2D eigenvalue weighted by molar-refractivity contribution is 5.73. The van der Waals surface area contributed by atoms with Crippen molar-refractivity contribution in [3.8, 4) is 57.4 Å². The van der Waals surface area contributed by atoms with E-state index in [1.165, 1.54) is 0 Å². The van der Waals surface area contributed by atoms with Crippen LogP contribution in [0.5, 0.6) is 0 Å². The van der Waals surface area contributed by atoms with E-state index in [0.717, 1.165) is 63.8 Å². The lowest BCUT2D eigenvalue weighted by Gasteiger charge is -2.48. The van der Waals surface area contributed by atoms with E-state index in [4.69, 9.17) is 39.2 Å². The maximum Gasteiger partial charge on any atom is 0.490 e.